The number of β-amino-alcohol motifs (C(OH)–C–C–N with tert-alkyl or cyclic N) is 1. The molecule has 0 bridgehead atoms. The van der Waals surface area contributed by atoms with Crippen molar-refractivity contribution in [3.63, 3.8) is 0 Å². The van der Waals surface area contributed by atoms with Gasteiger partial charge in [-0.1, -0.05) is 56.3 Å². The SMILES string of the molecule is CCC1(C)CC(=O)N(CC(O)COc2ccc(-c3ccccc3)cc2)C(=O)C1. The van der Waals surface area contributed by atoms with Crippen LogP contribution in [0.2, 0.25) is 0 Å². The van der Waals surface area contributed by atoms with E-state index in [1.165, 1.54) is 4.90 Å². The van der Waals surface area contributed by atoms with E-state index in [9.17, 15) is 14.7 Å². The molecule has 1 aliphatic rings. The van der Waals surface area contributed by atoms with E-state index in [-0.39, 0.29) is 30.4 Å². The number of ether oxygens (including phenoxy) is 1. The van der Waals surface area contributed by atoms with Gasteiger partial charge in [0.05, 0.1) is 6.54 Å². The summed E-state index contributed by atoms with van der Waals surface area (Å²) in [5.74, 6) is 0.201. The molecule has 1 unspecified atom stereocenters. The maximum Gasteiger partial charge on any atom is 0.229 e. The minimum absolute atomic E-state index is 0.0206. The van der Waals surface area contributed by atoms with Crippen LogP contribution in [0.25, 0.3) is 11.1 Å². The predicted octanol–water partition coefficient (Wildman–Crippen LogP) is 3.66. The van der Waals surface area contributed by atoms with Crippen molar-refractivity contribution in [2.45, 2.75) is 39.2 Å². The monoisotopic (exact) mass is 381 g/mol. The normalized spacial score (nSPS) is 17.5. The second-order valence-electron chi connectivity index (χ2n) is 7.77. The van der Waals surface area contributed by atoms with Crippen LogP contribution in [-0.2, 0) is 9.59 Å². The molecule has 148 valence electrons. The molecule has 1 atom stereocenters. The van der Waals surface area contributed by atoms with Crippen molar-refractivity contribution >= 4 is 11.8 Å². The van der Waals surface area contributed by atoms with Gasteiger partial charge in [-0.25, -0.2) is 0 Å². The maximum atomic E-state index is 12.3. The number of rotatable bonds is 7. The van der Waals surface area contributed by atoms with E-state index in [1.54, 1.807) is 0 Å². The lowest BCUT2D eigenvalue weighted by molar-refractivity contribution is -0.155. The number of imide groups is 1. The highest BCUT2D eigenvalue weighted by Crippen LogP contribution is 2.35. The Morgan fingerprint density at radius 2 is 1.57 bits per heavy atom. The molecular weight excluding hydrogens is 354 g/mol. The number of aliphatic hydroxyl groups excluding tert-OH is 1. The zero-order chi connectivity index (χ0) is 20.1. The van der Waals surface area contributed by atoms with E-state index < -0.39 is 6.10 Å². The summed E-state index contributed by atoms with van der Waals surface area (Å²) < 4.78 is 5.63. The zero-order valence-electron chi connectivity index (χ0n) is 16.4. The lowest BCUT2D eigenvalue weighted by atomic mass is 9.77. The number of aliphatic hydroxyl groups is 1. The number of benzene rings is 2. The van der Waals surface area contributed by atoms with Crippen molar-refractivity contribution in [2.24, 2.45) is 5.41 Å². The zero-order valence-corrected chi connectivity index (χ0v) is 16.4. The second-order valence-corrected chi connectivity index (χ2v) is 7.77. The van der Waals surface area contributed by atoms with Crippen LogP contribution in [0.1, 0.15) is 33.1 Å². The summed E-state index contributed by atoms with van der Waals surface area (Å²) in [4.78, 5) is 25.8. The highest BCUT2D eigenvalue weighted by Gasteiger charge is 2.39. The summed E-state index contributed by atoms with van der Waals surface area (Å²) in [7, 11) is 0. The maximum absolute atomic E-state index is 12.3. The van der Waals surface area contributed by atoms with Gasteiger partial charge in [0, 0.05) is 12.8 Å². The summed E-state index contributed by atoms with van der Waals surface area (Å²) in [6, 6.07) is 17.6. The lowest BCUT2D eigenvalue weighted by Crippen LogP contribution is -2.50. The van der Waals surface area contributed by atoms with Gasteiger partial charge in [0.15, 0.2) is 0 Å². The van der Waals surface area contributed by atoms with Crippen LogP contribution in [0.5, 0.6) is 5.75 Å². The molecule has 0 aromatic heterocycles. The van der Waals surface area contributed by atoms with Crippen molar-refractivity contribution in [1.82, 2.24) is 4.90 Å². The molecular formula is C23H27NO4. The van der Waals surface area contributed by atoms with Gasteiger partial charge in [-0.2, -0.15) is 0 Å². The number of likely N-dealkylation sites (tertiary alicyclic amines) is 1. The average Bonchev–Trinajstić information content (AvgIpc) is 2.70. The van der Waals surface area contributed by atoms with Crippen molar-refractivity contribution < 1.29 is 19.4 Å². The molecule has 2 aromatic carbocycles. The Morgan fingerprint density at radius 3 is 2.14 bits per heavy atom. The fourth-order valence-corrected chi connectivity index (χ4v) is 3.41. The molecule has 0 radical (unpaired) electrons. The molecule has 3 rings (SSSR count). The van der Waals surface area contributed by atoms with E-state index in [2.05, 4.69) is 0 Å². The Balaban J connectivity index is 1.52. The van der Waals surface area contributed by atoms with Crippen molar-refractivity contribution in [2.75, 3.05) is 13.2 Å². The number of amides is 2. The topological polar surface area (TPSA) is 66.8 Å². The molecule has 2 aromatic rings. The van der Waals surface area contributed by atoms with E-state index in [0.29, 0.717) is 18.6 Å². The third kappa shape index (κ3) is 4.78. The van der Waals surface area contributed by atoms with Crippen molar-refractivity contribution in [3.8, 4) is 16.9 Å². The van der Waals surface area contributed by atoms with Gasteiger partial charge in [-0.15, -0.1) is 0 Å². The van der Waals surface area contributed by atoms with Crippen LogP contribution in [-0.4, -0.2) is 41.1 Å². The molecule has 28 heavy (non-hydrogen) atoms. The predicted molar refractivity (Wildman–Crippen MR) is 108 cm³/mol. The second kappa shape index (κ2) is 8.57. The summed E-state index contributed by atoms with van der Waals surface area (Å²) in [5, 5.41) is 10.2. The van der Waals surface area contributed by atoms with Gasteiger partial charge in [0.25, 0.3) is 0 Å². The van der Waals surface area contributed by atoms with Gasteiger partial charge < -0.3 is 9.84 Å². The van der Waals surface area contributed by atoms with Crippen molar-refractivity contribution in [3.05, 3.63) is 54.6 Å². The van der Waals surface area contributed by atoms with E-state index >= 15 is 0 Å². The smallest absolute Gasteiger partial charge is 0.229 e. The molecule has 1 saturated heterocycles. The molecule has 0 saturated carbocycles. The van der Waals surface area contributed by atoms with E-state index in [0.717, 1.165) is 17.5 Å². The fourth-order valence-electron chi connectivity index (χ4n) is 3.41. The highest BCUT2D eigenvalue weighted by molar-refractivity contribution is 5.98. The number of carbonyl (C=O) groups is 2. The summed E-state index contributed by atoms with van der Waals surface area (Å²) in [5.41, 5.74) is 1.93. The van der Waals surface area contributed by atoms with Crippen LogP contribution in [0.4, 0.5) is 0 Å². The molecule has 1 N–H and O–H groups in total. The first-order valence-electron chi connectivity index (χ1n) is 9.70. The van der Waals surface area contributed by atoms with Crippen LogP contribution >= 0.6 is 0 Å². The Kier molecular flexibility index (Phi) is 6.15. The first kappa shape index (κ1) is 20.1. The Bertz CT molecular complexity index is 798. The molecule has 1 fully saturated rings. The molecule has 5 nitrogen and oxygen atoms in total. The molecule has 1 heterocycles. The number of hydrogen-bond acceptors (Lipinski definition) is 4. The number of hydrogen-bond donors (Lipinski definition) is 1. The Morgan fingerprint density at radius 1 is 1.00 bits per heavy atom. The molecule has 2 amide bonds. The number of piperidine rings is 1. The van der Waals surface area contributed by atoms with Crippen LogP contribution < -0.4 is 4.74 Å². The first-order chi connectivity index (χ1) is 13.4. The third-order valence-electron chi connectivity index (χ3n) is 5.41. The molecule has 0 spiro atoms. The third-order valence-corrected chi connectivity index (χ3v) is 5.41. The van der Waals surface area contributed by atoms with Gasteiger partial charge in [0.1, 0.15) is 18.5 Å². The Labute approximate surface area is 165 Å². The van der Waals surface area contributed by atoms with Crippen molar-refractivity contribution in [1.29, 1.82) is 0 Å². The Hall–Kier alpha value is -2.66. The average molecular weight is 381 g/mol. The molecule has 0 aliphatic carbocycles. The molecule has 5 heteroatoms. The van der Waals surface area contributed by atoms with E-state index in [1.807, 2.05) is 68.4 Å². The minimum atomic E-state index is -0.923. The number of carbonyl (C=O) groups excluding carboxylic acids is 2. The first-order valence-corrected chi connectivity index (χ1v) is 9.70. The summed E-state index contributed by atoms with van der Waals surface area (Å²) >= 11 is 0. The molecule has 1 aliphatic heterocycles. The standard InChI is InChI=1S/C23H27NO4/c1-3-23(2)13-21(26)24(22(27)14-23)15-19(25)16-28-20-11-9-18(10-12-20)17-7-5-4-6-8-17/h4-12,19,25H,3,13-16H2,1-2H3. The largest absolute Gasteiger partial charge is 0.491 e. The highest BCUT2D eigenvalue weighted by atomic mass is 16.5. The van der Waals surface area contributed by atoms with Gasteiger partial charge >= 0.3 is 0 Å². The fraction of sp³-hybridized carbons (Fsp3) is 0.391. The number of nitrogens with zero attached hydrogens (tertiary/aromatic N) is 1. The summed E-state index contributed by atoms with van der Waals surface area (Å²) in [6.45, 7) is 3.94. The quantitative estimate of drug-likeness (QED) is 0.744. The van der Waals surface area contributed by atoms with Crippen LogP contribution in [0, 0.1) is 5.41 Å². The van der Waals surface area contributed by atoms with Crippen LogP contribution in [0.15, 0.2) is 54.6 Å². The van der Waals surface area contributed by atoms with E-state index in [4.69, 9.17) is 4.74 Å². The van der Waals surface area contributed by atoms with Gasteiger partial charge in [-0.05, 0) is 35.1 Å². The van der Waals surface area contributed by atoms with Gasteiger partial charge in [0.2, 0.25) is 11.8 Å². The van der Waals surface area contributed by atoms with Crippen LogP contribution in [0.3, 0.4) is 0 Å². The van der Waals surface area contributed by atoms with Gasteiger partial charge in [-0.3, -0.25) is 14.5 Å². The minimum Gasteiger partial charge on any atom is -0.491 e. The lowest BCUT2D eigenvalue weighted by Gasteiger charge is -2.37. The summed E-state index contributed by atoms with van der Waals surface area (Å²) in [6.07, 6.45) is 0.531.